The van der Waals surface area contributed by atoms with Crippen LogP contribution in [0.5, 0.6) is 0 Å². The second-order valence-corrected chi connectivity index (χ2v) is 7.65. The van der Waals surface area contributed by atoms with Crippen molar-refractivity contribution in [1.82, 2.24) is 19.8 Å². The molecule has 4 rings (SSSR count). The molecule has 0 N–H and O–H groups in total. The van der Waals surface area contributed by atoms with E-state index in [0.717, 1.165) is 44.5 Å². The minimum Gasteiger partial charge on any atom is -0.342 e. The third-order valence-corrected chi connectivity index (χ3v) is 5.70. The Hall–Kier alpha value is -2.76. The number of likely N-dealkylation sites (tertiary alicyclic amines) is 2. The van der Waals surface area contributed by atoms with Crippen LogP contribution in [0.2, 0.25) is 0 Å². The van der Waals surface area contributed by atoms with Gasteiger partial charge in [0.1, 0.15) is 5.69 Å². The molecule has 2 aliphatic heterocycles. The van der Waals surface area contributed by atoms with E-state index in [-0.39, 0.29) is 17.2 Å². The van der Waals surface area contributed by atoms with Crippen molar-refractivity contribution in [3.8, 4) is 0 Å². The van der Waals surface area contributed by atoms with Crippen LogP contribution in [-0.4, -0.2) is 57.8 Å². The van der Waals surface area contributed by atoms with Gasteiger partial charge in [-0.25, -0.2) is 0 Å². The van der Waals surface area contributed by atoms with E-state index in [2.05, 4.69) is 9.97 Å². The Balaban J connectivity index is 1.40. The molecule has 2 saturated heterocycles. The maximum atomic E-state index is 12.8. The number of nitrogens with zero attached hydrogens (tertiary/aromatic N) is 4. The first-order chi connectivity index (χ1) is 13.2. The summed E-state index contributed by atoms with van der Waals surface area (Å²) in [5.74, 6) is 0.142. The number of carbonyl (C=O) groups excluding carboxylic acids is 2. The summed E-state index contributed by atoms with van der Waals surface area (Å²) >= 11 is 0. The third-order valence-electron chi connectivity index (χ3n) is 5.70. The Morgan fingerprint density at radius 3 is 2.67 bits per heavy atom. The van der Waals surface area contributed by atoms with Gasteiger partial charge in [0.25, 0.3) is 5.91 Å². The van der Waals surface area contributed by atoms with Crippen molar-refractivity contribution in [3.05, 3.63) is 60.2 Å². The van der Waals surface area contributed by atoms with E-state index in [9.17, 15) is 9.59 Å². The molecule has 6 nitrogen and oxygen atoms in total. The van der Waals surface area contributed by atoms with Crippen molar-refractivity contribution in [2.75, 3.05) is 26.2 Å². The number of amides is 2. The average molecular weight is 364 g/mol. The first-order valence-corrected chi connectivity index (χ1v) is 9.52. The van der Waals surface area contributed by atoms with Crippen molar-refractivity contribution in [1.29, 1.82) is 0 Å². The number of rotatable bonds is 3. The fourth-order valence-electron chi connectivity index (χ4n) is 4.30. The van der Waals surface area contributed by atoms with Crippen LogP contribution in [0.3, 0.4) is 0 Å². The van der Waals surface area contributed by atoms with Crippen molar-refractivity contribution in [3.63, 3.8) is 0 Å². The third kappa shape index (κ3) is 3.84. The van der Waals surface area contributed by atoms with E-state index in [1.54, 1.807) is 24.7 Å². The molecule has 1 atom stereocenters. The molecule has 4 heterocycles. The highest BCUT2D eigenvalue weighted by atomic mass is 16.2. The fourth-order valence-corrected chi connectivity index (χ4v) is 4.30. The molecule has 27 heavy (non-hydrogen) atoms. The summed E-state index contributed by atoms with van der Waals surface area (Å²) in [6, 6.07) is 9.21. The van der Waals surface area contributed by atoms with E-state index in [0.29, 0.717) is 18.7 Å². The molecular weight excluding hydrogens is 340 g/mol. The molecule has 2 amide bonds. The molecule has 0 saturated carbocycles. The normalized spacial score (nSPS) is 22.2. The van der Waals surface area contributed by atoms with Crippen molar-refractivity contribution in [2.24, 2.45) is 5.41 Å². The van der Waals surface area contributed by atoms with Crippen LogP contribution in [0, 0.1) is 5.41 Å². The topological polar surface area (TPSA) is 66.4 Å². The molecule has 2 fully saturated rings. The van der Waals surface area contributed by atoms with Gasteiger partial charge in [-0.3, -0.25) is 19.6 Å². The van der Waals surface area contributed by atoms with Crippen LogP contribution < -0.4 is 0 Å². The first-order valence-electron chi connectivity index (χ1n) is 9.52. The highest BCUT2D eigenvalue weighted by Crippen LogP contribution is 2.39. The second kappa shape index (κ2) is 7.47. The summed E-state index contributed by atoms with van der Waals surface area (Å²) in [6.45, 7) is 2.98. The Morgan fingerprint density at radius 1 is 1.00 bits per heavy atom. The van der Waals surface area contributed by atoms with Crippen molar-refractivity contribution >= 4 is 11.8 Å². The Kier molecular flexibility index (Phi) is 4.88. The number of aromatic nitrogens is 2. The Morgan fingerprint density at radius 2 is 1.89 bits per heavy atom. The molecule has 0 radical (unpaired) electrons. The molecule has 1 spiro atoms. The van der Waals surface area contributed by atoms with Crippen LogP contribution >= 0.6 is 0 Å². The molecule has 0 aromatic carbocycles. The van der Waals surface area contributed by atoms with Crippen LogP contribution in [0.15, 0.2) is 48.9 Å². The highest BCUT2D eigenvalue weighted by molar-refractivity contribution is 5.92. The SMILES string of the molecule is O=C(Cc1cccnc1)N1CCC[C@@]2(CCN(C(=O)c3ccccn3)C2)C1. The number of hydrogen-bond donors (Lipinski definition) is 0. The second-order valence-electron chi connectivity index (χ2n) is 7.65. The lowest BCUT2D eigenvalue weighted by Gasteiger charge is -2.40. The monoisotopic (exact) mass is 364 g/mol. The zero-order valence-corrected chi connectivity index (χ0v) is 15.4. The smallest absolute Gasteiger partial charge is 0.272 e. The van der Waals surface area contributed by atoms with Gasteiger partial charge in [0, 0.05) is 50.2 Å². The molecule has 2 aliphatic rings. The molecule has 0 aliphatic carbocycles. The van der Waals surface area contributed by atoms with Gasteiger partial charge < -0.3 is 9.80 Å². The van der Waals surface area contributed by atoms with Crippen molar-refractivity contribution < 1.29 is 9.59 Å². The van der Waals surface area contributed by atoms with Gasteiger partial charge in [0.05, 0.1) is 6.42 Å². The summed E-state index contributed by atoms with van der Waals surface area (Å²) in [5.41, 5.74) is 1.46. The summed E-state index contributed by atoms with van der Waals surface area (Å²) < 4.78 is 0. The average Bonchev–Trinajstić information content (AvgIpc) is 3.12. The van der Waals surface area contributed by atoms with Gasteiger partial charge in [0.15, 0.2) is 0 Å². The lowest BCUT2D eigenvalue weighted by atomic mass is 9.79. The summed E-state index contributed by atoms with van der Waals surface area (Å²) in [7, 11) is 0. The summed E-state index contributed by atoms with van der Waals surface area (Å²) in [5, 5.41) is 0. The fraction of sp³-hybridized carbons (Fsp3) is 0.429. The van der Waals surface area contributed by atoms with Crippen LogP contribution in [-0.2, 0) is 11.2 Å². The zero-order chi connectivity index (χ0) is 18.7. The Labute approximate surface area is 159 Å². The predicted molar refractivity (Wildman–Crippen MR) is 101 cm³/mol. The van der Waals surface area contributed by atoms with Gasteiger partial charge in [-0.2, -0.15) is 0 Å². The number of carbonyl (C=O) groups is 2. The Bertz CT molecular complexity index is 811. The quantitative estimate of drug-likeness (QED) is 0.837. The summed E-state index contributed by atoms with van der Waals surface area (Å²) in [6.07, 6.45) is 8.51. The largest absolute Gasteiger partial charge is 0.342 e. The minimum atomic E-state index is -0.00807. The van der Waals surface area contributed by atoms with E-state index >= 15 is 0 Å². The minimum absolute atomic E-state index is 0.00807. The van der Waals surface area contributed by atoms with Gasteiger partial charge in [-0.15, -0.1) is 0 Å². The van der Waals surface area contributed by atoms with Crippen molar-refractivity contribution in [2.45, 2.75) is 25.7 Å². The highest BCUT2D eigenvalue weighted by Gasteiger charge is 2.43. The van der Waals surface area contributed by atoms with Gasteiger partial charge in [-0.1, -0.05) is 12.1 Å². The zero-order valence-electron chi connectivity index (χ0n) is 15.4. The van der Waals surface area contributed by atoms with Crippen LogP contribution in [0.25, 0.3) is 0 Å². The molecule has 140 valence electrons. The van der Waals surface area contributed by atoms with Crippen LogP contribution in [0.1, 0.15) is 35.3 Å². The van der Waals surface area contributed by atoms with E-state index in [1.807, 2.05) is 34.1 Å². The lowest BCUT2D eigenvalue weighted by Crippen LogP contribution is -2.48. The van der Waals surface area contributed by atoms with E-state index in [1.165, 1.54) is 0 Å². The lowest BCUT2D eigenvalue weighted by molar-refractivity contribution is -0.133. The first kappa shape index (κ1) is 17.6. The number of piperidine rings is 1. The van der Waals surface area contributed by atoms with Crippen LogP contribution in [0.4, 0.5) is 0 Å². The molecule has 2 aromatic rings. The van der Waals surface area contributed by atoms with E-state index < -0.39 is 0 Å². The number of pyridine rings is 2. The maximum absolute atomic E-state index is 12.8. The van der Waals surface area contributed by atoms with Gasteiger partial charge >= 0.3 is 0 Å². The predicted octanol–water partition coefficient (Wildman–Crippen LogP) is 2.17. The maximum Gasteiger partial charge on any atom is 0.272 e. The molecule has 6 heteroatoms. The number of hydrogen-bond acceptors (Lipinski definition) is 4. The van der Waals surface area contributed by atoms with E-state index in [4.69, 9.17) is 0 Å². The molecular formula is C21H24N4O2. The van der Waals surface area contributed by atoms with Gasteiger partial charge in [0.2, 0.25) is 5.91 Å². The summed E-state index contributed by atoms with van der Waals surface area (Å²) in [4.78, 5) is 37.6. The standard InChI is InChI=1S/C21H24N4O2/c26-19(13-17-5-3-9-22-14-17)24-11-4-7-21(15-24)8-12-25(16-21)20(27)18-6-1-2-10-23-18/h1-3,5-6,9-10,14H,4,7-8,11-13,15-16H2/t21-/m1/s1. The molecule has 2 aromatic heterocycles. The molecule has 0 bridgehead atoms. The molecule has 0 unspecified atom stereocenters. The van der Waals surface area contributed by atoms with Gasteiger partial charge in [-0.05, 0) is 43.0 Å².